The Morgan fingerprint density at radius 1 is 1.27 bits per heavy atom. The molecule has 3 N–H and O–H groups in total. The molecular formula is C16H16N2O4. The molecule has 1 aliphatic heterocycles. The molecule has 0 aromatic heterocycles. The van der Waals surface area contributed by atoms with Crippen molar-refractivity contribution in [1.82, 2.24) is 0 Å². The van der Waals surface area contributed by atoms with Crippen LogP contribution >= 0.6 is 0 Å². The lowest BCUT2D eigenvalue weighted by atomic mass is 10.1. The number of nitrogens with one attached hydrogen (secondary N) is 1. The minimum atomic E-state index is -0.258. The van der Waals surface area contributed by atoms with E-state index in [0.717, 1.165) is 5.56 Å². The smallest absolute Gasteiger partial charge is 0.262 e. The van der Waals surface area contributed by atoms with Crippen molar-refractivity contribution in [3.8, 4) is 17.2 Å². The van der Waals surface area contributed by atoms with Crippen molar-refractivity contribution in [2.75, 3.05) is 24.5 Å². The summed E-state index contributed by atoms with van der Waals surface area (Å²) >= 11 is 0. The first-order valence-electron chi connectivity index (χ1n) is 6.81. The molecule has 6 nitrogen and oxygen atoms in total. The molecule has 0 fully saturated rings. The second-order valence-corrected chi connectivity index (χ2v) is 4.87. The van der Waals surface area contributed by atoms with Crippen molar-refractivity contribution in [2.24, 2.45) is 0 Å². The molecule has 3 rings (SSSR count). The fourth-order valence-corrected chi connectivity index (χ4v) is 2.09. The number of rotatable bonds is 4. The molecule has 2 aromatic carbocycles. The Kier molecular flexibility index (Phi) is 3.74. The molecule has 0 saturated carbocycles. The predicted octanol–water partition coefficient (Wildman–Crippen LogP) is 2.32. The van der Waals surface area contributed by atoms with Crippen molar-refractivity contribution < 1.29 is 19.0 Å². The highest BCUT2D eigenvalue weighted by Crippen LogP contribution is 2.35. The van der Waals surface area contributed by atoms with Crippen molar-refractivity contribution in [1.29, 1.82) is 0 Å². The number of fused-ring (bicyclic) bond motifs is 1. The van der Waals surface area contributed by atoms with Gasteiger partial charge in [-0.15, -0.1) is 0 Å². The van der Waals surface area contributed by atoms with E-state index in [2.05, 4.69) is 5.32 Å². The van der Waals surface area contributed by atoms with E-state index in [1.165, 1.54) is 0 Å². The van der Waals surface area contributed by atoms with Crippen LogP contribution in [0.2, 0.25) is 0 Å². The van der Waals surface area contributed by atoms with Gasteiger partial charge in [-0.05, 0) is 36.8 Å². The number of amides is 1. The molecule has 0 aliphatic carbocycles. The van der Waals surface area contributed by atoms with Gasteiger partial charge in [-0.1, -0.05) is 6.07 Å². The van der Waals surface area contributed by atoms with Gasteiger partial charge in [-0.2, -0.15) is 0 Å². The number of hydrogen-bond acceptors (Lipinski definition) is 5. The number of benzene rings is 2. The molecule has 0 radical (unpaired) electrons. The Bertz CT molecular complexity index is 715. The van der Waals surface area contributed by atoms with E-state index in [1.54, 1.807) is 36.4 Å². The van der Waals surface area contributed by atoms with Gasteiger partial charge in [0, 0.05) is 17.4 Å². The van der Waals surface area contributed by atoms with Crippen LogP contribution in [-0.4, -0.2) is 19.3 Å². The minimum absolute atomic E-state index is 0.103. The first kappa shape index (κ1) is 14.1. The van der Waals surface area contributed by atoms with Crippen molar-refractivity contribution >= 4 is 17.3 Å². The molecule has 0 atom stereocenters. The summed E-state index contributed by atoms with van der Waals surface area (Å²) in [5.74, 6) is 1.58. The van der Waals surface area contributed by atoms with Gasteiger partial charge >= 0.3 is 0 Å². The van der Waals surface area contributed by atoms with Gasteiger partial charge in [-0.3, -0.25) is 4.79 Å². The second kappa shape index (κ2) is 5.85. The first-order valence-corrected chi connectivity index (χ1v) is 6.81. The summed E-state index contributed by atoms with van der Waals surface area (Å²) in [6, 6.07) is 10.5. The van der Waals surface area contributed by atoms with Crippen LogP contribution in [-0.2, 0) is 4.79 Å². The maximum atomic E-state index is 12.0. The summed E-state index contributed by atoms with van der Waals surface area (Å²) in [4.78, 5) is 12.0. The van der Waals surface area contributed by atoms with E-state index in [0.29, 0.717) is 28.6 Å². The van der Waals surface area contributed by atoms with E-state index < -0.39 is 0 Å². The van der Waals surface area contributed by atoms with E-state index in [-0.39, 0.29) is 19.3 Å². The molecule has 1 aliphatic rings. The van der Waals surface area contributed by atoms with Crippen LogP contribution < -0.4 is 25.3 Å². The minimum Gasteiger partial charge on any atom is -0.484 e. The normalized spacial score (nSPS) is 12.0. The van der Waals surface area contributed by atoms with E-state index >= 15 is 0 Å². The predicted molar refractivity (Wildman–Crippen MR) is 82.3 cm³/mol. The molecule has 114 valence electrons. The fraction of sp³-hybridized carbons (Fsp3) is 0.188. The van der Waals surface area contributed by atoms with Gasteiger partial charge in [-0.25, -0.2) is 0 Å². The zero-order valence-electron chi connectivity index (χ0n) is 12.1. The zero-order chi connectivity index (χ0) is 15.5. The lowest BCUT2D eigenvalue weighted by Gasteiger charge is -2.11. The largest absolute Gasteiger partial charge is 0.484 e. The highest BCUT2D eigenvalue weighted by atomic mass is 16.7. The highest BCUT2D eigenvalue weighted by Gasteiger charge is 2.14. The van der Waals surface area contributed by atoms with Crippen LogP contribution in [0.3, 0.4) is 0 Å². The average Bonchev–Trinajstić information content (AvgIpc) is 2.97. The number of carbonyl (C=O) groups excluding carboxylic acids is 1. The van der Waals surface area contributed by atoms with E-state index in [9.17, 15) is 4.79 Å². The molecule has 1 amide bonds. The number of hydrogen-bond donors (Lipinski definition) is 2. The first-order chi connectivity index (χ1) is 10.6. The van der Waals surface area contributed by atoms with Gasteiger partial charge < -0.3 is 25.3 Å². The molecule has 0 bridgehead atoms. The quantitative estimate of drug-likeness (QED) is 0.847. The number of ether oxygens (including phenoxy) is 3. The van der Waals surface area contributed by atoms with Gasteiger partial charge in [0.1, 0.15) is 5.75 Å². The van der Waals surface area contributed by atoms with Crippen LogP contribution in [0.5, 0.6) is 17.2 Å². The number of nitrogens with two attached hydrogens (primary N) is 1. The Balaban J connectivity index is 1.59. The number of nitrogen functional groups attached to an aromatic ring is 1. The topological polar surface area (TPSA) is 82.8 Å². The molecule has 0 saturated heterocycles. The van der Waals surface area contributed by atoms with Gasteiger partial charge in [0.05, 0.1) is 0 Å². The van der Waals surface area contributed by atoms with Gasteiger partial charge in [0.2, 0.25) is 6.79 Å². The third kappa shape index (κ3) is 2.90. The average molecular weight is 300 g/mol. The highest BCUT2D eigenvalue weighted by molar-refractivity contribution is 5.93. The summed E-state index contributed by atoms with van der Waals surface area (Å²) in [5, 5.41) is 2.77. The second-order valence-electron chi connectivity index (χ2n) is 4.87. The van der Waals surface area contributed by atoms with E-state index in [1.807, 2.05) is 6.92 Å². The molecule has 2 aromatic rings. The van der Waals surface area contributed by atoms with Crippen LogP contribution in [0.25, 0.3) is 0 Å². The summed E-state index contributed by atoms with van der Waals surface area (Å²) in [5.41, 5.74) is 7.95. The Hall–Kier alpha value is -2.89. The monoisotopic (exact) mass is 300 g/mol. The van der Waals surface area contributed by atoms with Crippen molar-refractivity contribution in [3.63, 3.8) is 0 Å². The van der Waals surface area contributed by atoms with Gasteiger partial charge in [0.15, 0.2) is 18.1 Å². The van der Waals surface area contributed by atoms with Crippen LogP contribution in [0.15, 0.2) is 36.4 Å². The maximum absolute atomic E-state index is 12.0. The van der Waals surface area contributed by atoms with Gasteiger partial charge in [0.25, 0.3) is 5.91 Å². The van der Waals surface area contributed by atoms with Crippen LogP contribution in [0.1, 0.15) is 5.56 Å². The zero-order valence-corrected chi connectivity index (χ0v) is 12.1. The van der Waals surface area contributed by atoms with Crippen LogP contribution in [0, 0.1) is 6.92 Å². The fourth-order valence-electron chi connectivity index (χ4n) is 2.09. The third-order valence-corrected chi connectivity index (χ3v) is 3.36. The summed E-state index contributed by atoms with van der Waals surface area (Å²) in [6.07, 6.45) is 0. The molecule has 22 heavy (non-hydrogen) atoms. The number of carbonyl (C=O) groups is 1. The maximum Gasteiger partial charge on any atom is 0.262 e. The standard InChI is InChI=1S/C16H16N2O4/c1-10-12(17)3-2-4-13(10)18-16(19)8-20-11-5-6-14-15(7-11)22-9-21-14/h2-7H,8-9,17H2,1H3,(H,18,19). The molecular weight excluding hydrogens is 284 g/mol. The van der Waals surface area contributed by atoms with Crippen molar-refractivity contribution in [3.05, 3.63) is 42.0 Å². The summed E-state index contributed by atoms with van der Waals surface area (Å²) in [6.45, 7) is 1.95. The lowest BCUT2D eigenvalue weighted by Crippen LogP contribution is -2.20. The number of anilines is 2. The van der Waals surface area contributed by atoms with Crippen LogP contribution in [0.4, 0.5) is 11.4 Å². The van der Waals surface area contributed by atoms with E-state index in [4.69, 9.17) is 19.9 Å². The Morgan fingerprint density at radius 3 is 2.95 bits per heavy atom. The Morgan fingerprint density at radius 2 is 2.09 bits per heavy atom. The molecule has 1 heterocycles. The molecule has 0 spiro atoms. The molecule has 0 unspecified atom stereocenters. The summed E-state index contributed by atoms with van der Waals surface area (Å²) in [7, 11) is 0. The molecule has 6 heteroatoms. The summed E-state index contributed by atoms with van der Waals surface area (Å²) < 4.78 is 15.9. The third-order valence-electron chi connectivity index (χ3n) is 3.36. The SMILES string of the molecule is Cc1c(N)cccc1NC(=O)COc1ccc2c(c1)OCO2. The lowest BCUT2D eigenvalue weighted by molar-refractivity contribution is -0.118. The van der Waals surface area contributed by atoms with Crippen molar-refractivity contribution in [2.45, 2.75) is 6.92 Å². The Labute approximate surface area is 127 Å².